The third kappa shape index (κ3) is 4.79. The van der Waals surface area contributed by atoms with Gasteiger partial charge in [-0.1, -0.05) is 6.92 Å². The summed E-state index contributed by atoms with van der Waals surface area (Å²) in [6, 6.07) is 4.62. The first-order chi connectivity index (χ1) is 8.47. The van der Waals surface area contributed by atoms with Crippen molar-refractivity contribution in [1.29, 1.82) is 0 Å². The minimum absolute atomic E-state index is 0.200. The number of hydrogen-bond donors (Lipinski definition) is 2. The van der Waals surface area contributed by atoms with Crippen molar-refractivity contribution < 1.29 is 8.42 Å². The Morgan fingerprint density at radius 1 is 1.44 bits per heavy atom. The first-order valence-electron chi connectivity index (χ1n) is 5.60. The molecule has 0 saturated carbocycles. The van der Waals surface area contributed by atoms with Crippen LogP contribution in [0.3, 0.4) is 0 Å². The quantitative estimate of drug-likeness (QED) is 0.583. The van der Waals surface area contributed by atoms with Gasteiger partial charge in [-0.05, 0) is 52.1 Å². The van der Waals surface area contributed by atoms with Crippen LogP contribution in [-0.2, 0) is 10.0 Å². The molecule has 0 aliphatic carbocycles. The van der Waals surface area contributed by atoms with Gasteiger partial charge in [0.1, 0.15) is 0 Å². The zero-order valence-electron chi connectivity index (χ0n) is 10.1. The number of nitrogens with two attached hydrogens (primary N) is 1. The molecular weight excluding hydrogens is 336 g/mol. The van der Waals surface area contributed by atoms with Crippen LogP contribution in [0.1, 0.15) is 13.3 Å². The zero-order chi connectivity index (χ0) is 13.6. The van der Waals surface area contributed by atoms with Crippen molar-refractivity contribution in [2.24, 2.45) is 0 Å². The Balaban J connectivity index is 2.60. The van der Waals surface area contributed by atoms with Gasteiger partial charge in [-0.3, -0.25) is 0 Å². The maximum Gasteiger partial charge on any atom is 0.240 e. The van der Waals surface area contributed by atoms with E-state index in [9.17, 15) is 8.42 Å². The lowest BCUT2D eigenvalue weighted by Crippen LogP contribution is -2.25. The molecule has 1 aromatic rings. The van der Waals surface area contributed by atoms with Crippen LogP contribution < -0.4 is 10.5 Å². The van der Waals surface area contributed by atoms with Crippen molar-refractivity contribution in [3.8, 4) is 0 Å². The second kappa shape index (κ2) is 7.37. The van der Waals surface area contributed by atoms with Crippen molar-refractivity contribution >= 4 is 43.4 Å². The molecule has 0 atom stereocenters. The van der Waals surface area contributed by atoms with Crippen molar-refractivity contribution in [2.45, 2.75) is 18.2 Å². The molecule has 0 amide bonds. The highest BCUT2D eigenvalue weighted by Crippen LogP contribution is 2.22. The van der Waals surface area contributed by atoms with E-state index in [2.05, 4.69) is 27.6 Å². The molecule has 0 heterocycles. The second-order valence-corrected chi connectivity index (χ2v) is 7.65. The Morgan fingerprint density at radius 3 is 2.78 bits per heavy atom. The van der Waals surface area contributed by atoms with Crippen molar-refractivity contribution in [3.05, 3.63) is 22.7 Å². The maximum atomic E-state index is 11.9. The largest absolute Gasteiger partial charge is 0.398 e. The van der Waals surface area contributed by atoms with E-state index in [1.807, 2.05) is 0 Å². The van der Waals surface area contributed by atoms with Crippen LogP contribution in [0.5, 0.6) is 0 Å². The number of nitrogen functional groups attached to an aromatic ring is 1. The molecule has 4 nitrogen and oxygen atoms in total. The number of benzene rings is 1. The first-order valence-corrected chi connectivity index (χ1v) is 9.03. The van der Waals surface area contributed by atoms with E-state index in [1.165, 1.54) is 12.1 Å². The van der Waals surface area contributed by atoms with E-state index in [-0.39, 0.29) is 4.90 Å². The van der Waals surface area contributed by atoms with Crippen LogP contribution in [0, 0.1) is 0 Å². The van der Waals surface area contributed by atoms with E-state index >= 15 is 0 Å². The number of anilines is 1. The van der Waals surface area contributed by atoms with Crippen LogP contribution in [0.4, 0.5) is 5.69 Å². The Labute approximate surface area is 121 Å². The number of hydrogen-bond acceptors (Lipinski definition) is 4. The van der Waals surface area contributed by atoms with Crippen molar-refractivity contribution in [3.63, 3.8) is 0 Å². The molecule has 0 bridgehead atoms. The van der Waals surface area contributed by atoms with Crippen LogP contribution in [0.15, 0.2) is 27.6 Å². The first kappa shape index (κ1) is 15.8. The molecule has 0 aliphatic rings. The molecule has 1 rings (SSSR count). The zero-order valence-corrected chi connectivity index (χ0v) is 13.4. The molecule has 7 heteroatoms. The molecule has 0 aromatic heterocycles. The Kier molecular flexibility index (Phi) is 6.48. The number of thioether (sulfide) groups is 1. The van der Waals surface area contributed by atoms with Crippen LogP contribution in [0.25, 0.3) is 0 Å². The Bertz CT molecular complexity index is 492. The summed E-state index contributed by atoms with van der Waals surface area (Å²) in [4.78, 5) is 0.200. The fourth-order valence-electron chi connectivity index (χ4n) is 1.30. The van der Waals surface area contributed by atoms with E-state index in [4.69, 9.17) is 5.73 Å². The monoisotopic (exact) mass is 352 g/mol. The van der Waals surface area contributed by atoms with Gasteiger partial charge in [0.05, 0.1) is 4.90 Å². The van der Waals surface area contributed by atoms with E-state index in [0.29, 0.717) is 16.7 Å². The maximum absolute atomic E-state index is 11.9. The highest BCUT2D eigenvalue weighted by atomic mass is 79.9. The Hall–Kier alpha value is -0.240. The third-order valence-corrected chi connectivity index (χ3v) is 5.41. The summed E-state index contributed by atoms with van der Waals surface area (Å²) >= 11 is 5.03. The summed E-state index contributed by atoms with van der Waals surface area (Å²) in [6.07, 6.45) is 0.823. The molecule has 18 heavy (non-hydrogen) atoms. The van der Waals surface area contributed by atoms with Crippen LogP contribution >= 0.6 is 27.7 Å². The standard InChI is InChI=1S/C11H17BrN2O2S2/c1-2-17-7-3-6-14-18(15,16)9-4-5-10(12)11(13)8-9/h4-5,8,14H,2-3,6-7,13H2,1H3. The molecular formula is C11H17BrN2O2S2. The summed E-state index contributed by atoms with van der Waals surface area (Å²) in [6.45, 7) is 2.53. The molecule has 0 unspecified atom stereocenters. The summed E-state index contributed by atoms with van der Waals surface area (Å²) in [5, 5.41) is 0. The van der Waals surface area contributed by atoms with E-state index in [1.54, 1.807) is 17.8 Å². The molecule has 0 fully saturated rings. The minimum Gasteiger partial charge on any atom is -0.398 e. The Morgan fingerprint density at radius 2 is 2.17 bits per heavy atom. The van der Waals surface area contributed by atoms with Gasteiger partial charge in [-0.2, -0.15) is 11.8 Å². The number of halogens is 1. The van der Waals surface area contributed by atoms with E-state index in [0.717, 1.165) is 17.9 Å². The topological polar surface area (TPSA) is 72.2 Å². The SMILES string of the molecule is CCSCCCNS(=O)(=O)c1ccc(Br)c(N)c1. The van der Waals surface area contributed by atoms with Gasteiger partial charge < -0.3 is 5.73 Å². The predicted molar refractivity (Wildman–Crippen MR) is 81.4 cm³/mol. The smallest absolute Gasteiger partial charge is 0.240 e. The summed E-state index contributed by atoms with van der Waals surface area (Å²) in [5.41, 5.74) is 6.09. The number of sulfonamides is 1. The molecule has 3 N–H and O–H groups in total. The lowest BCUT2D eigenvalue weighted by Gasteiger charge is -2.08. The third-order valence-electron chi connectivity index (χ3n) is 2.24. The minimum atomic E-state index is -3.45. The number of nitrogens with one attached hydrogen (secondary N) is 1. The van der Waals surface area contributed by atoms with Crippen molar-refractivity contribution in [1.82, 2.24) is 4.72 Å². The average Bonchev–Trinajstić information content (AvgIpc) is 2.32. The normalized spacial score (nSPS) is 11.7. The van der Waals surface area contributed by atoms with Gasteiger partial charge in [0.15, 0.2) is 0 Å². The fourth-order valence-corrected chi connectivity index (χ4v) is 3.29. The summed E-state index contributed by atoms with van der Waals surface area (Å²) < 4.78 is 27.1. The van der Waals surface area contributed by atoms with Gasteiger partial charge >= 0.3 is 0 Å². The molecule has 0 spiro atoms. The molecule has 0 aliphatic heterocycles. The average molecular weight is 353 g/mol. The van der Waals surface area contributed by atoms with Crippen LogP contribution in [-0.4, -0.2) is 26.5 Å². The molecule has 0 saturated heterocycles. The molecule has 102 valence electrons. The van der Waals surface area contributed by atoms with Crippen LogP contribution in [0.2, 0.25) is 0 Å². The van der Waals surface area contributed by atoms with Crippen molar-refractivity contribution in [2.75, 3.05) is 23.8 Å². The van der Waals surface area contributed by atoms with Gasteiger partial charge in [0.25, 0.3) is 0 Å². The fraction of sp³-hybridized carbons (Fsp3) is 0.455. The highest BCUT2D eigenvalue weighted by Gasteiger charge is 2.14. The highest BCUT2D eigenvalue weighted by molar-refractivity contribution is 9.10. The van der Waals surface area contributed by atoms with Gasteiger partial charge in [-0.15, -0.1) is 0 Å². The second-order valence-electron chi connectivity index (χ2n) is 3.63. The predicted octanol–water partition coefficient (Wildman–Crippen LogP) is 2.45. The molecule has 1 aromatic carbocycles. The van der Waals surface area contributed by atoms with E-state index < -0.39 is 10.0 Å². The molecule has 0 radical (unpaired) electrons. The summed E-state index contributed by atoms with van der Waals surface area (Å²) in [7, 11) is -3.45. The lowest BCUT2D eigenvalue weighted by atomic mass is 10.3. The van der Waals surface area contributed by atoms with Gasteiger partial charge in [-0.25, -0.2) is 13.1 Å². The number of rotatable bonds is 7. The van der Waals surface area contributed by atoms with Gasteiger partial charge in [0.2, 0.25) is 10.0 Å². The van der Waals surface area contributed by atoms with Gasteiger partial charge in [0, 0.05) is 16.7 Å². The summed E-state index contributed by atoms with van der Waals surface area (Å²) in [5.74, 6) is 2.01. The lowest BCUT2D eigenvalue weighted by molar-refractivity contribution is 0.581.